The van der Waals surface area contributed by atoms with Crippen LogP contribution in [0.25, 0.3) is 28.1 Å². The van der Waals surface area contributed by atoms with Crippen LogP contribution in [0, 0.1) is 62.2 Å². The monoisotopic (exact) mass is 1530 g/mol. The minimum Gasteiger partial charge on any atom is -0.353 e. The fraction of sp³-hybridized carbons (Fsp3) is 0.297. The first-order valence-electron chi connectivity index (χ1n) is 41.5. The van der Waals surface area contributed by atoms with Gasteiger partial charge in [-0.3, -0.25) is 0 Å². The highest BCUT2D eigenvalue weighted by Crippen LogP contribution is 2.59. The van der Waals surface area contributed by atoms with Crippen LogP contribution in [0.4, 0.5) is 75.7 Å². The molecule has 5 aliphatic rings. The molecule has 0 amide bonds. The van der Waals surface area contributed by atoms with E-state index in [2.05, 4.69) is 337 Å². The molecule has 13 heteroatoms. The molecule has 6 heterocycles. The van der Waals surface area contributed by atoms with E-state index >= 15 is 0 Å². The molecule has 114 heavy (non-hydrogen) atoms. The second kappa shape index (κ2) is 32.6. The lowest BCUT2D eigenvalue weighted by Crippen LogP contribution is -2.54. The summed E-state index contributed by atoms with van der Waals surface area (Å²) >= 11 is 0. The lowest BCUT2D eigenvalue weighted by molar-refractivity contribution is -0.735. The predicted molar refractivity (Wildman–Crippen MR) is 476 cm³/mol. The van der Waals surface area contributed by atoms with Gasteiger partial charge in [0.05, 0.1) is 46.1 Å². The third kappa shape index (κ3) is 15.3. The maximum atomic E-state index is 14.5. The van der Waals surface area contributed by atoms with E-state index in [1.54, 1.807) is 19.1 Å². The molecular formula is C101H114F3N10+. The van der Waals surface area contributed by atoms with Gasteiger partial charge in [0.15, 0.2) is 7.05 Å². The summed E-state index contributed by atoms with van der Waals surface area (Å²) in [5.41, 5.74) is 26.8. The summed E-state index contributed by atoms with van der Waals surface area (Å²) in [7, 11) is 6.16. The second-order valence-corrected chi connectivity index (χ2v) is 32.5. The van der Waals surface area contributed by atoms with Crippen molar-refractivity contribution in [1.82, 2.24) is 4.68 Å². The summed E-state index contributed by atoms with van der Waals surface area (Å²) in [5.74, 6) is 0. The molecule has 1 unspecified atom stereocenters. The van der Waals surface area contributed by atoms with Gasteiger partial charge in [-0.2, -0.15) is 13.2 Å². The van der Waals surface area contributed by atoms with Gasteiger partial charge >= 0.3 is 6.18 Å². The van der Waals surface area contributed by atoms with Gasteiger partial charge in [-0.25, -0.2) is 0 Å². The molecule has 0 saturated carbocycles. The first-order chi connectivity index (χ1) is 55.5. The van der Waals surface area contributed by atoms with Crippen LogP contribution in [0.2, 0.25) is 0 Å². The van der Waals surface area contributed by atoms with E-state index in [4.69, 9.17) is 4.11 Å². The Bertz CT molecular complexity index is 5490. The highest BCUT2D eigenvalue weighted by Gasteiger charge is 2.59. The van der Waals surface area contributed by atoms with Crippen LogP contribution < -0.4 is 43.9 Å². The van der Waals surface area contributed by atoms with Gasteiger partial charge in [0.2, 0.25) is 5.69 Å². The Morgan fingerprint density at radius 1 is 0.412 bits per heavy atom. The fourth-order valence-electron chi connectivity index (χ4n) is 18.0. The van der Waals surface area contributed by atoms with E-state index in [0.29, 0.717) is 47.1 Å². The van der Waals surface area contributed by atoms with Gasteiger partial charge in [0, 0.05) is 81.5 Å². The zero-order valence-corrected chi connectivity index (χ0v) is 70.1. The zero-order chi connectivity index (χ0) is 84.1. The molecule has 0 saturated heterocycles. The molecule has 588 valence electrons. The van der Waals surface area contributed by atoms with Gasteiger partial charge in [-0.05, 0) is 239 Å². The SMILES string of the molecule is Cc1cc(C)cc(N2C=CN(c3ccccc3C)[C@@H]2C)c1.Cc1ccccc1N1c2ccccc2N(C(C)C)[C@H]1C.Cc1ccccc1N1c2ccccc2N(C)[C@H]1C.Cc1ccccc1N1c2ccccc2N(C)[C@H]1C.[2H]C([2H])([2H])c1cc(C)cc(-c2c(-c3ccccc3)c3n([n+]2C)-c2c(C)cccc2C(C)(C)C3(C)CC(F)(F)F)c1. The number of aryl methyl sites for hydroxylation is 9. The average Bonchev–Trinajstić information content (AvgIpc) is 1.56. The van der Waals surface area contributed by atoms with E-state index in [9.17, 15) is 13.2 Å². The third-order valence-corrected chi connectivity index (χ3v) is 24.2. The summed E-state index contributed by atoms with van der Waals surface area (Å²) in [6.45, 7) is 33.5. The van der Waals surface area contributed by atoms with E-state index < -0.39 is 30.3 Å². The number of rotatable bonds is 9. The Balaban J connectivity index is 0.000000133. The molecule has 5 aliphatic heterocycles. The highest BCUT2D eigenvalue weighted by atomic mass is 19.4. The first kappa shape index (κ1) is 76.5. The van der Waals surface area contributed by atoms with Gasteiger partial charge in [-0.1, -0.05) is 202 Å². The van der Waals surface area contributed by atoms with Crippen LogP contribution in [0.5, 0.6) is 0 Å². The molecule has 0 N–H and O–H groups in total. The molecule has 0 bridgehead atoms. The average molecular weight is 1530 g/mol. The number of aromatic nitrogens is 2. The topological polar surface area (TPSA) is 34.7 Å². The number of fused-ring (bicyclic) bond motifs is 6. The van der Waals surface area contributed by atoms with Crippen molar-refractivity contribution in [2.45, 2.75) is 179 Å². The minimum atomic E-state index is -4.42. The van der Waals surface area contributed by atoms with E-state index in [1.807, 2.05) is 98.7 Å². The Morgan fingerprint density at radius 3 is 1.26 bits per heavy atom. The van der Waals surface area contributed by atoms with Crippen LogP contribution in [0.1, 0.15) is 134 Å². The number of alkyl halides is 3. The van der Waals surface area contributed by atoms with Crippen molar-refractivity contribution in [1.29, 1.82) is 0 Å². The van der Waals surface area contributed by atoms with Crippen molar-refractivity contribution in [2.24, 2.45) is 7.05 Å². The zero-order valence-electron chi connectivity index (χ0n) is 73.1. The molecule has 1 aromatic heterocycles. The number of anilines is 11. The lowest BCUT2D eigenvalue weighted by Gasteiger charge is -2.48. The Hall–Kier alpha value is -11.4. The van der Waals surface area contributed by atoms with Crippen LogP contribution >= 0.6 is 0 Å². The number of nitrogens with zero attached hydrogens (tertiary/aromatic N) is 10. The maximum absolute atomic E-state index is 14.5. The summed E-state index contributed by atoms with van der Waals surface area (Å²) in [5, 5.41) is 0. The molecule has 5 atom stereocenters. The third-order valence-electron chi connectivity index (χ3n) is 24.2. The smallest absolute Gasteiger partial charge is 0.353 e. The Morgan fingerprint density at radius 2 is 0.798 bits per heavy atom. The molecule has 12 aromatic rings. The van der Waals surface area contributed by atoms with Gasteiger partial charge in [-0.15, -0.1) is 9.36 Å². The van der Waals surface area contributed by atoms with Gasteiger partial charge < -0.3 is 39.2 Å². The van der Waals surface area contributed by atoms with E-state index in [-0.39, 0.29) is 11.7 Å². The fourth-order valence-corrected chi connectivity index (χ4v) is 18.0. The number of para-hydroxylation sites is 11. The van der Waals surface area contributed by atoms with Crippen molar-refractivity contribution < 1.29 is 22.0 Å². The van der Waals surface area contributed by atoms with Crippen molar-refractivity contribution >= 4 is 62.6 Å². The molecule has 10 nitrogen and oxygen atoms in total. The lowest BCUT2D eigenvalue weighted by atomic mass is 9.56. The summed E-state index contributed by atoms with van der Waals surface area (Å²) in [4.78, 5) is 19.0. The molecule has 11 aromatic carbocycles. The standard InChI is InChI=1S/C32H34F3N2.C19H22N2.C18H22N2.2C16H18N2/c1-20-16-21(2)18-24(17-20)28-26(23-13-9-8-10-14-23)29-31(6,19-32(33,34)35)30(4,5)25-15-11-12-22(3)27(25)37(29)36(28)7;1-14-11-15(2)13-18(12-14)20-9-10-21(17(20)4)19-8-6-5-7-16(19)3;1-13(2)19-15(4)20(16-10-6-5-9-14(16)3)18-12-8-7-11-17(18)19;2*1-12-8-4-5-9-14(12)18-13(2)17(3)15-10-6-7-11-16(15)18/h8-18H,19H2,1-7H3;5-13,17H,1-4H3;5-13,15H,1-4H3;2*4-11,13H,1-3H3/q+1;;;;/t;17-;15-;2*13-/m.1111/s1/i1D3;;;;. The van der Waals surface area contributed by atoms with Crippen molar-refractivity contribution in [3.8, 4) is 28.1 Å². The largest absolute Gasteiger partial charge is 0.390 e. The molecule has 0 fully saturated rings. The number of halogens is 3. The van der Waals surface area contributed by atoms with E-state index in [0.717, 1.165) is 27.9 Å². The number of benzene rings is 11. The normalized spacial score (nSPS) is 18.5. The minimum absolute atomic E-state index is 0.195. The number of hydrogen-bond acceptors (Lipinski definition) is 8. The van der Waals surface area contributed by atoms with Gasteiger partial charge in [0.25, 0.3) is 0 Å². The highest BCUT2D eigenvalue weighted by molar-refractivity contribution is 5.88. The summed E-state index contributed by atoms with van der Waals surface area (Å²) in [6.07, 6.45) is 0.230. The summed E-state index contributed by atoms with van der Waals surface area (Å²) < 4.78 is 71.5. The van der Waals surface area contributed by atoms with Crippen molar-refractivity contribution in [3.63, 3.8) is 0 Å². The first-order valence-corrected chi connectivity index (χ1v) is 40.0. The van der Waals surface area contributed by atoms with Crippen LogP contribution in [-0.2, 0) is 17.9 Å². The quantitative estimate of drug-likeness (QED) is 0.132. The van der Waals surface area contributed by atoms with Crippen molar-refractivity contribution in [2.75, 3.05) is 53.3 Å². The molecule has 0 aliphatic carbocycles. The molecule has 0 spiro atoms. The molecule has 0 radical (unpaired) electrons. The molecular weight excluding hydrogens is 1410 g/mol. The summed E-state index contributed by atoms with van der Waals surface area (Å²) in [6, 6.07) is 87.8. The van der Waals surface area contributed by atoms with E-state index in [1.165, 1.54) is 95.9 Å². The van der Waals surface area contributed by atoms with Crippen molar-refractivity contribution in [3.05, 3.63) is 329 Å². The van der Waals surface area contributed by atoms with Crippen LogP contribution in [-0.4, -0.2) is 55.7 Å². The second-order valence-electron chi connectivity index (χ2n) is 32.5. The van der Waals surface area contributed by atoms with Crippen LogP contribution in [0.15, 0.2) is 267 Å². The maximum Gasteiger partial charge on any atom is 0.390 e. The number of hydrogen-bond donors (Lipinski definition) is 0. The Kier molecular flexibility index (Phi) is 21.9. The predicted octanol–water partition coefficient (Wildman–Crippen LogP) is 25.4. The van der Waals surface area contributed by atoms with Gasteiger partial charge in [0.1, 0.15) is 36.0 Å². The van der Waals surface area contributed by atoms with Crippen LogP contribution in [0.3, 0.4) is 0 Å². The molecule has 17 rings (SSSR count). The Labute approximate surface area is 681 Å².